The molecule has 0 amide bonds. The molecule has 1 aromatic carbocycles. The van der Waals surface area contributed by atoms with E-state index in [0.717, 1.165) is 5.69 Å². The van der Waals surface area contributed by atoms with Crippen LogP contribution in [0.15, 0.2) is 24.3 Å². The van der Waals surface area contributed by atoms with E-state index >= 15 is 0 Å². The Bertz CT molecular complexity index is 349. The van der Waals surface area contributed by atoms with E-state index in [1.54, 1.807) is 12.1 Å². The molecule has 0 aromatic heterocycles. The minimum atomic E-state index is -0.967. The molecular formula is C11H15NO3. The van der Waals surface area contributed by atoms with E-state index in [-0.39, 0.29) is 0 Å². The Kier molecular flexibility index (Phi) is 3.55. The molecular weight excluding hydrogens is 194 g/mol. The van der Waals surface area contributed by atoms with Crippen LogP contribution in [0.4, 0.5) is 5.69 Å². The number of hydrogen-bond donors (Lipinski definition) is 1. The molecule has 1 atom stereocenters. The van der Waals surface area contributed by atoms with E-state index in [9.17, 15) is 4.79 Å². The average molecular weight is 209 g/mol. The second-order valence-electron chi connectivity index (χ2n) is 3.49. The molecule has 0 heterocycles. The molecule has 1 aromatic rings. The van der Waals surface area contributed by atoms with Crippen LogP contribution in [0.5, 0.6) is 5.75 Å². The third-order valence-corrected chi connectivity index (χ3v) is 1.99. The fourth-order valence-electron chi connectivity index (χ4n) is 1.09. The fourth-order valence-corrected chi connectivity index (χ4v) is 1.09. The van der Waals surface area contributed by atoms with Gasteiger partial charge in [0, 0.05) is 25.8 Å². The highest BCUT2D eigenvalue weighted by Crippen LogP contribution is 2.20. The summed E-state index contributed by atoms with van der Waals surface area (Å²) in [6.07, 6.45) is -0.831. The molecule has 0 fully saturated rings. The van der Waals surface area contributed by atoms with Crippen molar-refractivity contribution in [3.05, 3.63) is 24.3 Å². The molecule has 0 saturated carbocycles. The first-order valence-electron chi connectivity index (χ1n) is 4.67. The van der Waals surface area contributed by atoms with Gasteiger partial charge in [-0.3, -0.25) is 0 Å². The molecule has 0 aliphatic carbocycles. The van der Waals surface area contributed by atoms with Crippen molar-refractivity contribution >= 4 is 11.7 Å². The van der Waals surface area contributed by atoms with E-state index in [1.165, 1.54) is 6.92 Å². The minimum Gasteiger partial charge on any atom is -0.479 e. The van der Waals surface area contributed by atoms with Gasteiger partial charge in [0.25, 0.3) is 0 Å². The molecule has 4 heteroatoms. The highest BCUT2D eigenvalue weighted by atomic mass is 16.5. The summed E-state index contributed by atoms with van der Waals surface area (Å²) >= 11 is 0. The lowest BCUT2D eigenvalue weighted by Gasteiger charge is -2.15. The van der Waals surface area contributed by atoms with Crippen molar-refractivity contribution in [2.45, 2.75) is 13.0 Å². The van der Waals surface area contributed by atoms with Crippen molar-refractivity contribution in [3.8, 4) is 5.75 Å². The molecule has 1 rings (SSSR count). The van der Waals surface area contributed by atoms with Gasteiger partial charge in [0.1, 0.15) is 5.75 Å². The Morgan fingerprint density at radius 3 is 2.67 bits per heavy atom. The summed E-state index contributed by atoms with van der Waals surface area (Å²) in [6, 6.07) is 7.31. The second-order valence-corrected chi connectivity index (χ2v) is 3.49. The Hall–Kier alpha value is -1.71. The summed E-state index contributed by atoms with van der Waals surface area (Å²) < 4.78 is 5.24. The number of carboxylic acid groups (broad SMARTS) is 1. The van der Waals surface area contributed by atoms with E-state index in [4.69, 9.17) is 9.84 Å². The predicted octanol–water partition coefficient (Wildman–Crippen LogP) is 1.60. The Morgan fingerprint density at radius 1 is 1.47 bits per heavy atom. The van der Waals surface area contributed by atoms with Crippen LogP contribution in [-0.2, 0) is 4.79 Å². The van der Waals surface area contributed by atoms with Gasteiger partial charge in [-0.05, 0) is 19.1 Å². The lowest BCUT2D eigenvalue weighted by Crippen LogP contribution is -2.23. The lowest BCUT2D eigenvalue weighted by atomic mass is 10.3. The number of carbonyl (C=O) groups is 1. The average Bonchev–Trinajstić information content (AvgIpc) is 2.18. The van der Waals surface area contributed by atoms with Gasteiger partial charge in [0.15, 0.2) is 6.10 Å². The Morgan fingerprint density at radius 2 is 2.13 bits per heavy atom. The van der Waals surface area contributed by atoms with Crippen LogP contribution in [0, 0.1) is 0 Å². The van der Waals surface area contributed by atoms with E-state index in [0.29, 0.717) is 5.75 Å². The molecule has 0 bridgehead atoms. The van der Waals surface area contributed by atoms with Crippen LogP contribution in [0.2, 0.25) is 0 Å². The summed E-state index contributed by atoms with van der Waals surface area (Å²) in [7, 11) is 3.83. The van der Waals surface area contributed by atoms with Gasteiger partial charge in [-0.25, -0.2) is 4.79 Å². The number of hydrogen-bond acceptors (Lipinski definition) is 3. The number of rotatable bonds is 4. The topological polar surface area (TPSA) is 49.8 Å². The first kappa shape index (κ1) is 11.4. The smallest absolute Gasteiger partial charge is 0.344 e. The highest BCUT2D eigenvalue weighted by Gasteiger charge is 2.12. The molecule has 0 saturated heterocycles. The normalized spacial score (nSPS) is 11.9. The van der Waals surface area contributed by atoms with Crippen LogP contribution in [0.1, 0.15) is 6.92 Å². The van der Waals surface area contributed by atoms with E-state index in [2.05, 4.69) is 0 Å². The monoisotopic (exact) mass is 209 g/mol. The maximum absolute atomic E-state index is 10.6. The molecule has 1 N–H and O–H groups in total. The largest absolute Gasteiger partial charge is 0.479 e. The summed E-state index contributed by atoms with van der Waals surface area (Å²) in [5.41, 5.74) is 0.977. The zero-order valence-corrected chi connectivity index (χ0v) is 9.10. The van der Waals surface area contributed by atoms with Crippen molar-refractivity contribution < 1.29 is 14.6 Å². The van der Waals surface area contributed by atoms with Gasteiger partial charge in [-0.1, -0.05) is 6.07 Å². The molecule has 4 nitrogen and oxygen atoms in total. The van der Waals surface area contributed by atoms with Crippen LogP contribution < -0.4 is 9.64 Å². The van der Waals surface area contributed by atoms with Gasteiger partial charge in [0.2, 0.25) is 0 Å². The second kappa shape index (κ2) is 4.68. The fraction of sp³-hybridized carbons (Fsp3) is 0.364. The number of nitrogens with zero attached hydrogens (tertiary/aromatic N) is 1. The molecule has 0 unspecified atom stereocenters. The number of ether oxygens (including phenoxy) is 1. The zero-order valence-electron chi connectivity index (χ0n) is 9.10. The van der Waals surface area contributed by atoms with Gasteiger partial charge in [-0.15, -0.1) is 0 Å². The first-order valence-corrected chi connectivity index (χ1v) is 4.67. The van der Waals surface area contributed by atoms with Gasteiger partial charge in [-0.2, -0.15) is 0 Å². The SMILES string of the molecule is C[C@H](Oc1cccc(N(C)C)c1)C(=O)O. The summed E-state index contributed by atoms with van der Waals surface area (Å²) in [4.78, 5) is 12.5. The van der Waals surface area contributed by atoms with Crippen LogP contribution in [0.3, 0.4) is 0 Å². The van der Waals surface area contributed by atoms with Crippen molar-refractivity contribution in [1.82, 2.24) is 0 Å². The van der Waals surface area contributed by atoms with Crippen LogP contribution >= 0.6 is 0 Å². The summed E-state index contributed by atoms with van der Waals surface area (Å²) in [6.45, 7) is 1.50. The Labute approximate surface area is 89.1 Å². The van der Waals surface area contributed by atoms with Crippen molar-refractivity contribution in [3.63, 3.8) is 0 Å². The quantitative estimate of drug-likeness (QED) is 0.818. The van der Waals surface area contributed by atoms with Crippen molar-refractivity contribution in [1.29, 1.82) is 0 Å². The van der Waals surface area contributed by atoms with Crippen LogP contribution in [-0.4, -0.2) is 31.3 Å². The third kappa shape index (κ3) is 3.16. The van der Waals surface area contributed by atoms with Gasteiger partial charge in [0.05, 0.1) is 0 Å². The zero-order chi connectivity index (χ0) is 11.4. The number of aliphatic carboxylic acids is 1. The molecule has 0 spiro atoms. The van der Waals surface area contributed by atoms with E-state index < -0.39 is 12.1 Å². The maximum Gasteiger partial charge on any atom is 0.344 e. The number of carboxylic acids is 1. The number of anilines is 1. The first-order chi connectivity index (χ1) is 7.00. The highest BCUT2D eigenvalue weighted by molar-refractivity contribution is 5.72. The minimum absolute atomic E-state index is 0.566. The predicted molar refractivity (Wildman–Crippen MR) is 58.5 cm³/mol. The molecule has 82 valence electrons. The molecule has 0 aliphatic heterocycles. The van der Waals surface area contributed by atoms with Crippen molar-refractivity contribution in [2.24, 2.45) is 0 Å². The summed E-state index contributed by atoms with van der Waals surface area (Å²) in [5, 5.41) is 8.69. The van der Waals surface area contributed by atoms with Crippen molar-refractivity contribution in [2.75, 3.05) is 19.0 Å². The standard InChI is InChI=1S/C11H15NO3/c1-8(11(13)14)15-10-6-4-5-9(7-10)12(2)3/h4-8H,1-3H3,(H,13,14)/t8-/m0/s1. The summed E-state index contributed by atoms with van der Waals surface area (Å²) in [5.74, 6) is -0.402. The number of benzene rings is 1. The van der Waals surface area contributed by atoms with Crippen LogP contribution in [0.25, 0.3) is 0 Å². The third-order valence-electron chi connectivity index (χ3n) is 1.99. The molecule has 15 heavy (non-hydrogen) atoms. The maximum atomic E-state index is 10.6. The molecule has 0 aliphatic rings. The Balaban J connectivity index is 2.78. The van der Waals surface area contributed by atoms with Gasteiger partial charge >= 0.3 is 5.97 Å². The van der Waals surface area contributed by atoms with Gasteiger partial charge < -0.3 is 14.7 Å². The van der Waals surface area contributed by atoms with E-state index in [1.807, 2.05) is 31.1 Å². The lowest BCUT2D eigenvalue weighted by molar-refractivity contribution is -0.144. The molecule has 0 radical (unpaired) electrons.